The number of hydrogen-bond acceptors (Lipinski definition) is 1. The minimum atomic E-state index is -0.155. The van der Waals surface area contributed by atoms with Gasteiger partial charge in [-0.25, -0.2) is 0 Å². The first kappa shape index (κ1) is 7.68. The van der Waals surface area contributed by atoms with Crippen LogP contribution in [-0.2, 0) is 0 Å². The summed E-state index contributed by atoms with van der Waals surface area (Å²) in [6.45, 7) is 1.84. The van der Waals surface area contributed by atoms with E-state index in [2.05, 4.69) is 5.92 Å². The van der Waals surface area contributed by atoms with Crippen molar-refractivity contribution in [3.8, 4) is 18.1 Å². The average Bonchev–Trinajstić information content (AvgIpc) is 2.06. The van der Waals surface area contributed by atoms with Gasteiger partial charge in [-0.05, 0) is 19.1 Å². The van der Waals surface area contributed by atoms with E-state index in [0.29, 0.717) is 0 Å². The summed E-state index contributed by atoms with van der Waals surface area (Å²) in [4.78, 5) is 0. The molecule has 0 bridgehead atoms. The molecule has 0 N–H and O–H groups in total. The molecule has 0 aliphatic carbocycles. The molecule has 1 rings (SSSR count). The molecule has 0 amide bonds. The SMILES string of the molecule is C#CC(C)Oc1ccccc1. The van der Waals surface area contributed by atoms with E-state index in [1.165, 1.54) is 0 Å². The Labute approximate surface area is 67.0 Å². The summed E-state index contributed by atoms with van der Waals surface area (Å²) >= 11 is 0. The van der Waals surface area contributed by atoms with Gasteiger partial charge in [-0.2, -0.15) is 0 Å². The molecule has 0 heterocycles. The molecule has 0 aromatic heterocycles. The maximum atomic E-state index is 5.33. The van der Waals surface area contributed by atoms with Gasteiger partial charge >= 0.3 is 0 Å². The predicted octanol–water partition coefficient (Wildman–Crippen LogP) is 2.09. The summed E-state index contributed by atoms with van der Waals surface area (Å²) in [6.07, 6.45) is 4.99. The third-order valence-corrected chi connectivity index (χ3v) is 1.29. The molecular weight excluding hydrogens is 136 g/mol. The zero-order valence-electron chi connectivity index (χ0n) is 6.45. The van der Waals surface area contributed by atoms with Crippen molar-refractivity contribution in [2.45, 2.75) is 13.0 Å². The van der Waals surface area contributed by atoms with Crippen LogP contribution in [0.2, 0.25) is 0 Å². The summed E-state index contributed by atoms with van der Waals surface area (Å²) < 4.78 is 5.33. The molecule has 1 unspecified atom stereocenters. The molecule has 0 fully saturated rings. The lowest BCUT2D eigenvalue weighted by molar-refractivity contribution is 0.279. The molecule has 0 aliphatic rings. The molecule has 0 spiro atoms. The van der Waals surface area contributed by atoms with E-state index in [0.717, 1.165) is 5.75 Å². The Morgan fingerprint density at radius 1 is 1.36 bits per heavy atom. The molecule has 0 saturated heterocycles. The van der Waals surface area contributed by atoms with Gasteiger partial charge in [-0.3, -0.25) is 0 Å². The highest BCUT2D eigenvalue weighted by atomic mass is 16.5. The fraction of sp³-hybridized carbons (Fsp3) is 0.200. The third-order valence-electron chi connectivity index (χ3n) is 1.29. The van der Waals surface area contributed by atoms with Gasteiger partial charge in [0.1, 0.15) is 5.75 Å². The van der Waals surface area contributed by atoms with Gasteiger partial charge in [-0.15, -0.1) is 6.42 Å². The molecule has 56 valence electrons. The van der Waals surface area contributed by atoms with Crippen LogP contribution in [0.15, 0.2) is 30.3 Å². The number of ether oxygens (including phenoxy) is 1. The van der Waals surface area contributed by atoms with E-state index < -0.39 is 0 Å². The van der Waals surface area contributed by atoms with Gasteiger partial charge in [-0.1, -0.05) is 24.1 Å². The van der Waals surface area contributed by atoms with Crippen LogP contribution in [0.4, 0.5) is 0 Å². The first-order valence-corrected chi connectivity index (χ1v) is 3.51. The second kappa shape index (κ2) is 3.68. The maximum absolute atomic E-state index is 5.33. The molecule has 1 aromatic rings. The summed E-state index contributed by atoms with van der Waals surface area (Å²) in [6, 6.07) is 9.53. The van der Waals surface area contributed by atoms with Gasteiger partial charge in [0.15, 0.2) is 6.10 Å². The van der Waals surface area contributed by atoms with E-state index in [1.54, 1.807) is 0 Å². The van der Waals surface area contributed by atoms with Crippen molar-refractivity contribution >= 4 is 0 Å². The van der Waals surface area contributed by atoms with Crippen molar-refractivity contribution in [2.24, 2.45) is 0 Å². The molecule has 11 heavy (non-hydrogen) atoms. The van der Waals surface area contributed by atoms with Crippen LogP contribution in [0.5, 0.6) is 5.75 Å². The predicted molar refractivity (Wildman–Crippen MR) is 45.4 cm³/mol. The topological polar surface area (TPSA) is 9.23 Å². The summed E-state index contributed by atoms with van der Waals surface area (Å²) in [5.41, 5.74) is 0. The fourth-order valence-corrected chi connectivity index (χ4v) is 0.737. The van der Waals surface area contributed by atoms with Crippen molar-refractivity contribution in [1.82, 2.24) is 0 Å². The van der Waals surface area contributed by atoms with Crippen LogP contribution in [0.1, 0.15) is 6.92 Å². The molecule has 0 saturated carbocycles. The maximum Gasteiger partial charge on any atom is 0.156 e. The monoisotopic (exact) mass is 146 g/mol. The molecule has 1 nitrogen and oxygen atoms in total. The van der Waals surface area contributed by atoms with Gasteiger partial charge in [0.25, 0.3) is 0 Å². The lowest BCUT2D eigenvalue weighted by Gasteiger charge is -2.07. The van der Waals surface area contributed by atoms with Gasteiger partial charge in [0, 0.05) is 0 Å². The van der Waals surface area contributed by atoms with Crippen LogP contribution in [-0.4, -0.2) is 6.10 Å². The number of benzene rings is 1. The first-order valence-electron chi connectivity index (χ1n) is 3.51. The zero-order valence-corrected chi connectivity index (χ0v) is 6.45. The number of para-hydroxylation sites is 1. The van der Waals surface area contributed by atoms with Crippen molar-refractivity contribution in [3.63, 3.8) is 0 Å². The Morgan fingerprint density at radius 2 is 2.00 bits per heavy atom. The van der Waals surface area contributed by atoms with E-state index in [-0.39, 0.29) is 6.10 Å². The van der Waals surface area contributed by atoms with Crippen LogP contribution in [0.25, 0.3) is 0 Å². The minimum Gasteiger partial charge on any atom is -0.478 e. The largest absolute Gasteiger partial charge is 0.478 e. The van der Waals surface area contributed by atoms with E-state index in [1.807, 2.05) is 37.3 Å². The smallest absolute Gasteiger partial charge is 0.156 e. The summed E-state index contributed by atoms with van der Waals surface area (Å²) in [5.74, 6) is 3.31. The second-order valence-corrected chi connectivity index (χ2v) is 2.24. The highest BCUT2D eigenvalue weighted by Crippen LogP contribution is 2.09. The molecule has 0 aliphatic heterocycles. The minimum absolute atomic E-state index is 0.155. The van der Waals surface area contributed by atoms with Crippen molar-refractivity contribution < 1.29 is 4.74 Å². The number of hydrogen-bond donors (Lipinski definition) is 0. The van der Waals surface area contributed by atoms with Crippen molar-refractivity contribution in [2.75, 3.05) is 0 Å². The highest BCUT2D eigenvalue weighted by Gasteiger charge is 1.95. The Hall–Kier alpha value is -1.42. The molecule has 1 atom stereocenters. The first-order chi connectivity index (χ1) is 5.33. The van der Waals surface area contributed by atoms with E-state index in [9.17, 15) is 0 Å². The van der Waals surface area contributed by atoms with Crippen molar-refractivity contribution in [3.05, 3.63) is 30.3 Å². The van der Waals surface area contributed by atoms with Gasteiger partial charge in [0.2, 0.25) is 0 Å². The Kier molecular flexibility index (Phi) is 2.57. The quantitative estimate of drug-likeness (QED) is 0.580. The summed E-state index contributed by atoms with van der Waals surface area (Å²) in [7, 11) is 0. The standard InChI is InChI=1S/C10H10O/c1-3-9(2)11-10-7-5-4-6-8-10/h1,4-9H,2H3. The van der Waals surface area contributed by atoms with E-state index >= 15 is 0 Å². The zero-order chi connectivity index (χ0) is 8.10. The number of terminal acetylenes is 1. The highest BCUT2D eigenvalue weighted by molar-refractivity contribution is 5.22. The molecule has 1 heteroatoms. The van der Waals surface area contributed by atoms with E-state index in [4.69, 9.17) is 11.2 Å². The second-order valence-electron chi connectivity index (χ2n) is 2.24. The fourth-order valence-electron chi connectivity index (χ4n) is 0.737. The lowest BCUT2D eigenvalue weighted by Crippen LogP contribution is -2.07. The molecule has 0 radical (unpaired) electrons. The van der Waals surface area contributed by atoms with Gasteiger partial charge in [0.05, 0.1) is 0 Å². The summed E-state index contributed by atoms with van der Waals surface area (Å²) in [5, 5.41) is 0. The average molecular weight is 146 g/mol. The molecule has 1 aromatic carbocycles. The van der Waals surface area contributed by atoms with Gasteiger partial charge < -0.3 is 4.74 Å². The molecular formula is C10H10O. The van der Waals surface area contributed by atoms with Crippen molar-refractivity contribution in [1.29, 1.82) is 0 Å². The Bertz CT molecular complexity index is 245. The third kappa shape index (κ3) is 2.35. The Morgan fingerprint density at radius 3 is 2.55 bits per heavy atom. The van der Waals surface area contributed by atoms with Crippen LogP contribution in [0.3, 0.4) is 0 Å². The van der Waals surface area contributed by atoms with Crippen LogP contribution >= 0.6 is 0 Å². The lowest BCUT2D eigenvalue weighted by atomic mass is 10.3. The Balaban J connectivity index is 2.60. The normalized spacial score (nSPS) is 11.6. The van der Waals surface area contributed by atoms with Crippen LogP contribution < -0.4 is 4.74 Å². The number of rotatable bonds is 2. The van der Waals surface area contributed by atoms with Crippen LogP contribution in [0, 0.1) is 12.3 Å².